The molecule has 0 saturated heterocycles. The van der Waals surface area contributed by atoms with E-state index in [2.05, 4.69) is 15.9 Å². The predicted molar refractivity (Wildman–Crippen MR) is 70.3 cm³/mol. The third-order valence-electron chi connectivity index (χ3n) is 2.45. The number of methoxy groups -OCH3 is 1. The molecule has 0 heterocycles. The fourth-order valence-electron chi connectivity index (χ4n) is 1.52. The van der Waals surface area contributed by atoms with Crippen molar-refractivity contribution in [3.8, 4) is 5.75 Å². The van der Waals surface area contributed by atoms with Crippen molar-refractivity contribution in [1.82, 2.24) is 5.32 Å². The molecule has 116 valence electrons. The number of alkyl halides is 3. The number of hydrogen-bond acceptors (Lipinski definition) is 3. The first-order chi connectivity index (χ1) is 9.64. The molecule has 0 aliphatic rings. The van der Waals surface area contributed by atoms with Crippen molar-refractivity contribution in [2.24, 2.45) is 0 Å². The van der Waals surface area contributed by atoms with Crippen LogP contribution in [0.25, 0.3) is 0 Å². The summed E-state index contributed by atoms with van der Waals surface area (Å²) >= 11 is 3.15. The Bertz CT molecular complexity index is 548. The van der Waals surface area contributed by atoms with E-state index >= 15 is 0 Å². The van der Waals surface area contributed by atoms with Crippen LogP contribution < -0.4 is 10.1 Å². The van der Waals surface area contributed by atoms with Crippen molar-refractivity contribution < 1.29 is 32.6 Å². The topological polar surface area (TPSA) is 75.6 Å². The molecule has 0 aliphatic carbocycles. The number of halogens is 4. The molecule has 1 aromatic rings. The van der Waals surface area contributed by atoms with Crippen molar-refractivity contribution in [1.29, 1.82) is 0 Å². The second-order valence-electron chi connectivity index (χ2n) is 4.03. The van der Waals surface area contributed by atoms with Crippen LogP contribution in [-0.4, -0.2) is 36.3 Å². The smallest absolute Gasteiger partial charge is 0.391 e. The van der Waals surface area contributed by atoms with Gasteiger partial charge in [-0.15, -0.1) is 0 Å². The number of carbonyl (C=O) groups is 2. The van der Waals surface area contributed by atoms with Crippen LogP contribution in [0.1, 0.15) is 16.8 Å². The zero-order valence-corrected chi connectivity index (χ0v) is 12.3. The molecular weight excluding hydrogens is 359 g/mol. The van der Waals surface area contributed by atoms with E-state index in [1.54, 1.807) is 0 Å². The minimum atomic E-state index is -4.71. The molecule has 9 heteroatoms. The Morgan fingerprint density at radius 3 is 2.52 bits per heavy atom. The van der Waals surface area contributed by atoms with Gasteiger partial charge < -0.3 is 15.2 Å². The lowest BCUT2D eigenvalue weighted by Gasteiger charge is -2.17. The third-order valence-corrected chi connectivity index (χ3v) is 2.94. The third kappa shape index (κ3) is 5.25. The summed E-state index contributed by atoms with van der Waals surface area (Å²) in [5.74, 6) is -2.62. The molecule has 2 N–H and O–H groups in total. The Morgan fingerprint density at radius 2 is 2.05 bits per heavy atom. The average Bonchev–Trinajstić information content (AvgIpc) is 2.35. The van der Waals surface area contributed by atoms with E-state index in [4.69, 9.17) is 9.84 Å². The number of carboxylic acids is 1. The summed E-state index contributed by atoms with van der Waals surface area (Å²) in [5, 5.41) is 10.6. The van der Waals surface area contributed by atoms with E-state index in [1.165, 1.54) is 25.3 Å². The summed E-state index contributed by atoms with van der Waals surface area (Å²) in [4.78, 5) is 22.7. The van der Waals surface area contributed by atoms with E-state index < -0.39 is 30.5 Å². The molecule has 1 aromatic carbocycles. The Labute approximate surface area is 126 Å². The van der Waals surface area contributed by atoms with E-state index in [0.29, 0.717) is 4.47 Å². The molecule has 0 radical (unpaired) electrons. The summed E-state index contributed by atoms with van der Waals surface area (Å²) in [5.41, 5.74) is -0.0610. The van der Waals surface area contributed by atoms with Gasteiger partial charge in [0, 0.05) is 4.47 Å². The second-order valence-corrected chi connectivity index (χ2v) is 4.94. The molecule has 21 heavy (non-hydrogen) atoms. The molecule has 0 saturated carbocycles. The van der Waals surface area contributed by atoms with Crippen LogP contribution >= 0.6 is 15.9 Å². The van der Waals surface area contributed by atoms with Gasteiger partial charge >= 0.3 is 12.1 Å². The number of carboxylic acid groups (broad SMARTS) is 1. The van der Waals surface area contributed by atoms with Crippen LogP contribution in [0, 0.1) is 0 Å². The molecule has 1 unspecified atom stereocenters. The van der Waals surface area contributed by atoms with Gasteiger partial charge in [-0.05, 0) is 18.2 Å². The molecule has 5 nitrogen and oxygen atoms in total. The van der Waals surface area contributed by atoms with Gasteiger partial charge in [0.2, 0.25) is 0 Å². The van der Waals surface area contributed by atoms with Gasteiger partial charge in [-0.25, -0.2) is 4.79 Å². The van der Waals surface area contributed by atoms with Gasteiger partial charge in [-0.3, -0.25) is 4.79 Å². The van der Waals surface area contributed by atoms with Crippen molar-refractivity contribution in [3.05, 3.63) is 28.2 Å². The number of benzene rings is 1. The van der Waals surface area contributed by atoms with Crippen molar-refractivity contribution in [3.63, 3.8) is 0 Å². The maximum atomic E-state index is 12.3. The van der Waals surface area contributed by atoms with E-state index in [-0.39, 0.29) is 11.3 Å². The fourth-order valence-corrected chi connectivity index (χ4v) is 1.86. The summed E-state index contributed by atoms with van der Waals surface area (Å²) in [7, 11) is 1.28. The number of aliphatic carboxylic acids is 1. The number of hydrogen-bond donors (Lipinski definition) is 2. The van der Waals surface area contributed by atoms with Crippen LogP contribution in [0.15, 0.2) is 22.7 Å². The van der Waals surface area contributed by atoms with Crippen LogP contribution in [0.5, 0.6) is 5.75 Å². The highest BCUT2D eigenvalue weighted by atomic mass is 79.9. The van der Waals surface area contributed by atoms with E-state index in [1.807, 2.05) is 5.32 Å². The first kappa shape index (κ1) is 17.3. The maximum Gasteiger partial charge on any atom is 0.391 e. The molecule has 0 bridgehead atoms. The number of rotatable bonds is 5. The molecule has 0 aromatic heterocycles. The van der Waals surface area contributed by atoms with E-state index in [0.717, 1.165) is 0 Å². The van der Waals surface area contributed by atoms with Gasteiger partial charge in [0.15, 0.2) is 0 Å². The molecule has 0 spiro atoms. The fraction of sp³-hybridized carbons (Fsp3) is 0.333. The Morgan fingerprint density at radius 1 is 1.43 bits per heavy atom. The minimum absolute atomic E-state index is 0.0610. The monoisotopic (exact) mass is 369 g/mol. The van der Waals surface area contributed by atoms with Gasteiger partial charge in [-0.1, -0.05) is 15.9 Å². The minimum Gasteiger partial charge on any atom is -0.496 e. The zero-order valence-electron chi connectivity index (χ0n) is 10.7. The Balaban J connectivity index is 2.95. The Kier molecular flexibility index (Phi) is 5.59. The van der Waals surface area contributed by atoms with E-state index in [9.17, 15) is 22.8 Å². The summed E-state index contributed by atoms with van der Waals surface area (Å²) in [6.45, 7) is 0. The zero-order chi connectivity index (χ0) is 16.2. The maximum absolute atomic E-state index is 12.3. The Hall–Kier alpha value is -1.77. The predicted octanol–water partition coefficient (Wildman–Crippen LogP) is 2.59. The summed E-state index contributed by atoms with van der Waals surface area (Å²) < 4.78 is 42.3. The average molecular weight is 370 g/mol. The highest BCUT2D eigenvalue weighted by Crippen LogP contribution is 2.25. The van der Waals surface area contributed by atoms with Crippen LogP contribution in [0.3, 0.4) is 0 Å². The summed E-state index contributed by atoms with van der Waals surface area (Å²) in [6, 6.07) is 2.17. The van der Waals surface area contributed by atoms with Crippen molar-refractivity contribution >= 4 is 27.8 Å². The number of ether oxygens (including phenoxy) is 1. The van der Waals surface area contributed by atoms with Gasteiger partial charge in [0.05, 0.1) is 19.1 Å². The lowest BCUT2D eigenvalue weighted by Crippen LogP contribution is -2.43. The summed E-state index contributed by atoms with van der Waals surface area (Å²) in [6.07, 6.45) is -6.37. The van der Waals surface area contributed by atoms with Crippen LogP contribution in [0.2, 0.25) is 0 Å². The molecule has 0 fully saturated rings. The highest BCUT2D eigenvalue weighted by Gasteiger charge is 2.36. The van der Waals surface area contributed by atoms with Gasteiger partial charge in [0.1, 0.15) is 11.8 Å². The lowest BCUT2D eigenvalue weighted by atomic mass is 10.1. The van der Waals surface area contributed by atoms with Gasteiger partial charge in [0.25, 0.3) is 5.91 Å². The number of amides is 1. The first-order valence-corrected chi connectivity index (χ1v) is 6.37. The van der Waals surface area contributed by atoms with Crippen LogP contribution in [-0.2, 0) is 4.79 Å². The SMILES string of the molecule is COc1cc(Br)ccc1C(=O)NC(CC(F)(F)F)C(=O)O. The number of nitrogens with one attached hydrogen (secondary N) is 1. The molecule has 1 atom stereocenters. The quantitative estimate of drug-likeness (QED) is 0.836. The highest BCUT2D eigenvalue weighted by molar-refractivity contribution is 9.10. The normalized spacial score (nSPS) is 12.6. The largest absolute Gasteiger partial charge is 0.496 e. The van der Waals surface area contributed by atoms with Gasteiger partial charge in [-0.2, -0.15) is 13.2 Å². The standard InChI is InChI=1S/C12H11BrF3NO4/c1-21-9-4-6(13)2-3-7(9)10(18)17-8(11(19)20)5-12(14,15)16/h2-4,8H,5H2,1H3,(H,17,18)(H,19,20). The number of carbonyl (C=O) groups excluding carboxylic acids is 1. The van der Waals surface area contributed by atoms with Crippen LogP contribution in [0.4, 0.5) is 13.2 Å². The molecule has 0 aliphatic heterocycles. The van der Waals surface area contributed by atoms with Crippen molar-refractivity contribution in [2.75, 3.05) is 7.11 Å². The molecular formula is C12H11BrF3NO4. The lowest BCUT2D eigenvalue weighted by molar-refractivity contribution is -0.157. The first-order valence-electron chi connectivity index (χ1n) is 5.58. The molecule has 1 amide bonds. The van der Waals surface area contributed by atoms with Crippen molar-refractivity contribution in [2.45, 2.75) is 18.6 Å². The second kappa shape index (κ2) is 6.79. The molecule has 1 rings (SSSR count).